The Morgan fingerprint density at radius 2 is 0.880 bits per heavy atom. The second-order valence-electron chi connectivity index (χ2n) is 9.97. The van der Waals surface area contributed by atoms with E-state index >= 15 is 17.6 Å². The maximum absolute atomic E-state index is 15.1. The molecule has 0 aliphatic rings. The Morgan fingerprint density at radius 3 is 1.14 bits per heavy atom. The number of rotatable bonds is 22. The molecule has 24 heteroatoms. The molecule has 50 heavy (non-hydrogen) atoms. The predicted octanol–water partition coefficient (Wildman–Crippen LogP) is -1.82. The molecule has 0 unspecified atom stereocenters. The first kappa shape index (κ1) is 43.3. The van der Waals surface area contributed by atoms with E-state index in [-0.39, 0.29) is 23.5 Å². The van der Waals surface area contributed by atoms with E-state index in [1.54, 1.807) is 0 Å². The molecule has 0 aromatic heterocycles. The van der Waals surface area contributed by atoms with Crippen LogP contribution in [0, 0.1) is 23.3 Å². The fourth-order valence-corrected chi connectivity index (χ4v) is 5.47. The van der Waals surface area contributed by atoms with Gasteiger partial charge in [0.1, 0.15) is 37.3 Å². The Labute approximate surface area is 287 Å². The summed E-state index contributed by atoms with van der Waals surface area (Å²) in [5.74, 6) is -19.9. The summed E-state index contributed by atoms with van der Waals surface area (Å²) in [6.45, 7) is -1.91. The number of carboxylic acids is 4. The third-order valence-electron chi connectivity index (χ3n) is 6.10. The van der Waals surface area contributed by atoms with Gasteiger partial charge in [0.05, 0.1) is 9.79 Å². The maximum Gasteiger partial charge on any atom is 0.322 e. The Bertz CT molecular complexity index is 1360. The highest BCUT2D eigenvalue weighted by Crippen LogP contribution is 2.36. The van der Waals surface area contributed by atoms with Gasteiger partial charge >= 0.3 is 23.9 Å². The number of thioether (sulfide) groups is 2. The van der Waals surface area contributed by atoms with Crippen LogP contribution in [-0.2, 0) is 38.4 Å². The van der Waals surface area contributed by atoms with Crippen molar-refractivity contribution in [2.45, 2.75) is 59.6 Å². The van der Waals surface area contributed by atoms with Gasteiger partial charge in [0.2, 0.25) is 23.6 Å². The number of benzene rings is 1. The van der Waals surface area contributed by atoms with Crippen molar-refractivity contribution < 1.29 is 76.3 Å². The summed E-state index contributed by atoms with van der Waals surface area (Å²) in [6, 6.07) is -6.45. The number of carbonyl (C=O) groups is 8. The van der Waals surface area contributed by atoms with Gasteiger partial charge in [-0.15, -0.1) is 23.5 Å². The van der Waals surface area contributed by atoms with E-state index < -0.39 is 155 Å². The van der Waals surface area contributed by atoms with Gasteiger partial charge in [-0.05, 0) is 12.8 Å². The van der Waals surface area contributed by atoms with E-state index in [2.05, 4.69) is 10.6 Å². The van der Waals surface area contributed by atoms with Gasteiger partial charge in [0.15, 0.2) is 23.3 Å². The Balaban J connectivity index is 3.22. The first-order chi connectivity index (χ1) is 23.3. The van der Waals surface area contributed by atoms with Crippen LogP contribution in [0.25, 0.3) is 0 Å². The molecule has 0 aliphatic heterocycles. The van der Waals surface area contributed by atoms with E-state index in [0.717, 1.165) is 0 Å². The Kier molecular flexibility index (Phi) is 18.0. The molecule has 1 aromatic carbocycles. The first-order valence-electron chi connectivity index (χ1n) is 13.9. The highest BCUT2D eigenvalue weighted by Gasteiger charge is 2.31. The van der Waals surface area contributed by atoms with Crippen LogP contribution in [-0.4, -0.2) is 117 Å². The zero-order valence-electron chi connectivity index (χ0n) is 25.5. The van der Waals surface area contributed by atoms with E-state index in [1.165, 1.54) is 0 Å². The van der Waals surface area contributed by atoms with Gasteiger partial charge in [-0.3, -0.25) is 38.4 Å². The molecular weight excluding hydrogens is 728 g/mol. The molecule has 0 heterocycles. The minimum Gasteiger partial charge on any atom is -0.480 e. The van der Waals surface area contributed by atoms with Gasteiger partial charge in [-0.1, -0.05) is 0 Å². The monoisotopic (exact) mass is 760 g/mol. The van der Waals surface area contributed by atoms with Crippen LogP contribution < -0.4 is 32.7 Å². The van der Waals surface area contributed by atoms with Crippen molar-refractivity contribution in [2.24, 2.45) is 11.5 Å². The molecule has 0 saturated heterocycles. The minimum absolute atomic E-state index is 0.000395. The molecule has 18 nitrogen and oxygen atoms in total. The van der Waals surface area contributed by atoms with Crippen LogP contribution >= 0.6 is 23.5 Å². The van der Waals surface area contributed by atoms with Crippen molar-refractivity contribution in [3.63, 3.8) is 0 Å². The van der Waals surface area contributed by atoms with Crippen molar-refractivity contribution in [1.82, 2.24) is 21.3 Å². The first-order valence-corrected chi connectivity index (χ1v) is 15.9. The standard InChI is InChI=1S/C26H32F4N6O12S2/c27-17-19(29)22(50-8-12(24(44)34-6-16(41)42)36-14(38)4-2-10(32)26(47)48)20(30)18(28)21(17)49-7-11(23(43)33-5-15(39)40)35-13(37)3-1-9(31)25(45)46/h9-12H,1-8,31-32H2,(H,33,43)(H,34,44)(H,35,37)(H,36,38)(H,39,40)(H,41,42)(H,45,46)(H,47,48)/t9-,10-,11-,12-/m0/s1. The zero-order chi connectivity index (χ0) is 38.3. The summed E-state index contributed by atoms with van der Waals surface area (Å²) in [5.41, 5.74) is 10.6. The quantitative estimate of drug-likeness (QED) is 0.0353. The number of hydrogen-bond donors (Lipinski definition) is 10. The molecule has 0 spiro atoms. The molecular formula is C26H32F4N6O12S2. The van der Waals surface area contributed by atoms with Crippen molar-refractivity contribution in [2.75, 3.05) is 24.6 Å². The molecule has 0 aliphatic carbocycles. The van der Waals surface area contributed by atoms with Gasteiger partial charge < -0.3 is 53.2 Å². The van der Waals surface area contributed by atoms with Gasteiger partial charge in [0.25, 0.3) is 0 Å². The smallest absolute Gasteiger partial charge is 0.322 e. The van der Waals surface area contributed by atoms with Gasteiger partial charge in [0, 0.05) is 24.3 Å². The summed E-state index contributed by atoms with van der Waals surface area (Å²) in [5, 5.41) is 43.2. The molecule has 1 aromatic rings. The number of carbonyl (C=O) groups excluding carboxylic acids is 4. The Morgan fingerprint density at radius 1 is 0.580 bits per heavy atom. The number of aliphatic carboxylic acids is 4. The van der Waals surface area contributed by atoms with Crippen LogP contribution in [0.1, 0.15) is 25.7 Å². The second-order valence-corrected chi connectivity index (χ2v) is 12.0. The van der Waals surface area contributed by atoms with Crippen molar-refractivity contribution in [3.8, 4) is 0 Å². The Hall–Kier alpha value is -4.68. The van der Waals surface area contributed by atoms with E-state index in [1.807, 2.05) is 10.6 Å². The van der Waals surface area contributed by atoms with Gasteiger partial charge in [-0.2, -0.15) is 0 Å². The average Bonchev–Trinajstić information content (AvgIpc) is 3.04. The lowest BCUT2D eigenvalue weighted by molar-refractivity contribution is -0.140. The lowest BCUT2D eigenvalue weighted by Crippen LogP contribution is -2.49. The third-order valence-corrected chi connectivity index (χ3v) is 8.40. The van der Waals surface area contributed by atoms with Gasteiger partial charge in [-0.25, -0.2) is 17.6 Å². The van der Waals surface area contributed by atoms with E-state index in [9.17, 15) is 38.4 Å². The fourth-order valence-electron chi connectivity index (χ4n) is 3.47. The normalized spacial score (nSPS) is 13.2. The molecule has 12 N–H and O–H groups in total. The molecule has 0 bridgehead atoms. The number of nitrogens with two attached hydrogens (primary N) is 2. The summed E-state index contributed by atoms with van der Waals surface area (Å²) < 4.78 is 60.3. The van der Waals surface area contributed by atoms with Crippen molar-refractivity contribution in [1.29, 1.82) is 0 Å². The molecule has 4 amide bonds. The largest absolute Gasteiger partial charge is 0.480 e. The molecule has 1 rings (SSSR count). The predicted molar refractivity (Wildman–Crippen MR) is 163 cm³/mol. The highest BCUT2D eigenvalue weighted by molar-refractivity contribution is 7.99. The van der Waals surface area contributed by atoms with Crippen LogP contribution in [0.3, 0.4) is 0 Å². The molecule has 0 radical (unpaired) electrons. The minimum atomic E-state index is -1.99. The second kappa shape index (κ2) is 20.7. The maximum atomic E-state index is 15.1. The fraction of sp³-hybridized carbons (Fsp3) is 0.462. The number of carboxylic acid groups (broad SMARTS) is 4. The summed E-state index contributed by atoms with van der Waals surface area (Å²) >= 11 is -0.000790. The van der Waals surface area contributed by atoms with E-state index in [4.69, 9.17) is 31.9 Å². The molecule has 0 saturated carbocycles. The summed E-state index contributed by atoms with van der Waals surface area (Å²) in [4.78, 5) is 90.3. The van der Waals surface area contributed by atoms with Crippen molar-refractivity contribution >= 4 is 71.0 Å². The molecule has 278 valence electrons. The number of hydrogen-bond acceptors (Lipinski definition) is 12. The third kappa shape index (κ3) is 14.4. The van der Waals surface area contributed by atoms with E-state index in [0.29, 0.717) is 0 Å². The lowest BCUT2D eigenvalue weighted by Gasteiger charge is -2.20. The zero-order valence-corrected chi connectivity index (χ0v) is 27.1. The number of nitrogens with one attached hydrogen (secondary N) is 4. The topological polar surface area (TPSA) is 318 Å². The highest BCUT2D eigenvalue weighted by atomic mass is 32.2. The number of halogens is 4. The average molecular weight is 761 g/mol. The van der Waals surface area contributed by atoms with Crippen LogP contribution in [0.15, 0.2) is 9.79 Å². The van der Waals surface area contributed by atoms with Crippen LogP contribution in [0.2, 0.25) is 0 Å². The summed E-state index contributed by atoms with van der Waals surface area (Å²) in [6.07, 6.45) is -1.91. The number of amides is 4. The SMILES string of the molecule is N[C@@H](CCC(=O)N[C@@H](CSc1c(F)c(F)c(SC[C@H](NC(=O)CC[C@H](N)C(=O)O)C(=O)NCC(=O)O)c(F)c1F)C(=O)NCC(=O)O)C(=O)O. The van der Waals surface area contributed by atoms with Crippen LogP contribution in [0.5, 0.6) is 0 Å². The van der Waals surface area contributed by atoms with Crippen LogP contribution in [0.4, 0.5) is 17.6 Å². The van der Waals surface area contributed by atoms with Crippen molar-refractivity contribution in [3.05, 3.63) is 23.3 Å². The molecule has 0 fully saturated rings. The molecule has 4 atom stereocenters. The summed E-state index contributed by atoms with van der Waals surface area (Å²) in [7, 11) is 0. The lowest BCUT2D eigenvalue weighted by atomic mass is 10.1.